The van der Waals surface area contributed by atoms with Gasteiger partial charge in [-0.15, -0.1) is 12.6 Å². The van der Waals surface area contributed by atoms with E-state index in [2.05, 4.69) is 19.6 Å². The summed E-state index contributed by atoms with van der Waals surface area (Å²) in [6, 6.07) is 6.16. The fourth-order valence-electron chi connectivity index (χ4n) is 2.66. The Morgan fingerprint density at radius 2 is 1.68 bits per heavy atom. The number of benzene rings is 2. The minimum atomic E-state index is -4.33. The number of carbonyl (C=O) groups is 2. The van der Waals surface area contributed by atoms with E-state index in [1.807, 2.05) is 0 Å². The SMILES string of the molecule is CCCCCC(=O)S.Cc1cc([N+](=O)[O-])ccc1P(=O)(O)O.Cc1ccc(C(=O)O)c(C)c1F. The number of carboxylic acids is 1. The first-order chi connectivity index (χ1) is 15.6. The summed E-state index contributed by atoms with van der Waals surface area (Å²) >= 11 is 3.63. The molecule has 0 unspecified atom stereocenters. The number of carbonyl (C=O) groups excluding carboxylic acids is 1. The van der Waals surface area contributed by atoms with Gasteiger partial charge in [0.15, 0.2) is 5.12 Å². The number of thiol groups is 1. The number of carboxylic acid groups (broad SMARTS) is 1. The number of hydrogen-bond acceptors (Lipinski definition) is 5. The van der Waals surface area contributed by atoms with Crippen molar-refractivity contribution in [1.29, 1.82) is 0 Å². The Morgan fingerprint density at radius 1 is 1.09 bits per heavy atom. The summed E-state index contributed by atoms with van der Waals surface area (Å²) in [5.41, 5.74) is 0.727. The minimum Gasteiger partial charge on any atom is -0.478 e. The smallest absolute Gasteiger partial charge is 0.356 e. The first kappa shape index (κ1) is 31.4. The molecule has 0 saturated heterocycles. The summed E-state index contributed by atoms with van der Waals surface area (Å²) in [5, 5.41) is 18.8. The number of nitro groups is 1. The molecular weight excluding hydrogens is 488 g/mol. The van der Waals surface area contributed by atoms with Gasteiger partial charge in [-0.05, 0) is 56.0 Å². The Balaban J connectivity index is 0.000000500. The van der Waals surface area contributed by atoms with Crippen LogP contribution >= 0.6 is 20.2 Å². The second-order valence-corrected chi connectivity index (χ2v) is 9.37. The number of aromatic carboxylic acids is 1. The Kier molecular flexibility index (Phi) is 13.5. The van der Waals surface area contributed by atoms with E-state index in [1.54, 1.807) is 6.92 Å². The molecule has 0 heterocycles. The lowest BCUT2D eigenvalue weighted by Gasteiger charge is -2.06. The standard InChI is InChI=1S/C9H9FO2.C7H8NO5P.C6H12OS/c1-5-3-4-7(9(11)12)6(2)8(5)10;1-5-4-6(8(9)10)2-3-7(5)14(11,12)13;1-2-3-4-5-6(7)8/h3-4H,1-2H3,(H,11,12);2-4H,1H3,(H2,11,12,13);2-5H2,1H3,(H,7,8). The van der Waals surface area contributed by atoms with Gasteiger partial charge in [-0.25, -0.2) is 9.18 Å². The summed E-state index contributed by atoms with van der Waals surface area (Å²) in [6.07, 6.45) is 3.95. The number of halogens is 1. The van der Waals surface area contributed by atoms with Crippen LogP contribution in [-0.2, 0) is 9.36 Å². The Hall–Kier alpha value is -2.59. The van der Waals surface area contributed by atoms with Gasteiger partial charge < -0.3 is 14.9 Å². The van der Waals surface area contributed by atoms with E-state index < -0.39 is 24.3 Å². The lowest BCUT2D eigenvalue weighted by atomic mass is 10.1. The highest BCUT2D eigenvalue weighted by atomic mass is 32.1. The highest BCUT2D eigenvalue weighted by Gasteiger charge is 2.21. The molecule has 0 aliphatic rings. The third-order valence-electron chi connectivity index (χ3n) is 4.51. The molecule has 188 valence electrons. The predicted octanol–water partition coefficient (Wildman–Crippen LogP) is 4.87. The molecule has 2 rings (SSSR count). The Morgan fingerprint density at radius 3 is 2.09 bits per heavy atom. The summed E-state index contributed by atoms with van der Waals surface area (Å²) in [7, 11) is -4.33. The molecule has 12 heteroatoms. The molecule has 0 saturated carbocycles. The van der Waals surface area contributed by atoms with Crippen LogP contribution in [0.15, 0.2) is 30.3 Å². The van der Waals surface area contributed by atoms with Crippen molar-refractivity contribution in [2.75, 3.05) is 0 Å². The largest absolute Gasteiger partial charge is 0.478 e. The molecule has 0 aromatic heterocycles. The zero-order valence-corrected chi connectivity index (χ0v) is 21.1. The number of aryl methyl sites for hydroxylation is 2. The molecule has 0 atom stereocenters. The maximum Gasteiger partial charge on any atom is 0.356 e. The van der Waals surface area contributed by atoms with Gasteiger partial charge in [0.25, 0.3) is 5.69 Å². The van der Waals surface area contributed by atoms with Crippen molar-refractivity contribution < 1.29 is 38.4 Å². The maximum atomic E-state index is 13.1. The summed E-state index contributed by atoms with van der Waals surface area (Å²) in [5.74, 6) is -1.53. The van der Waals surface area contributed by atoms with Crippen LogP contribution < -0.4 is 5.30 Å². The molecular formula is C22H29FNO8PS. The summed E-state index contributed by atoms with van der Waals surface area (Å²) in [6.45, 7) is 6.60. The van der Waals surface area contributed by atoms with Crippen LogP contribution in [0.25, 0.3) is 0 Å². The van der Waals surface area contributed by atoms with Gasteiger partial charge in [-0.1, -0.05) is 25.8 Å². The Bertz CT molecular complexity index is 1070. The Labute approximate surface area is 202 Å². The zero-order chi connectivity index (χ0) is 26.6. The third-order valence-corrected chi connectivity index (χ3v) is 5.86. The number of rotatable bonds is 7. The molecule has 0 aliphatic heterocycles. The van der Waals surface area contributed by atoms with Crippen molar-refractivity contribution in [1.82, 2.24) is 0 Å². The van der Waals surface area contributed by atoms with E-state index in [0.717, 1.165) is 31.0 Å². The second-order valence-electron chi connectivity index (χ2n) is 7.30. The van der Waals surface area contributed by atoms with Gasteiger partial charge in [0, 0.05) is 18.6 Å². The van der Waals surface area contributed by atoms with E-state index in [-0.39, 0.29) is 32.8 Å². The van der Waals surface area contributed by atoms with Crippen molar-refractivity contribution in [2.24, 2.45) is 0 Å². The van der Waals surface area contributed by atoms with Gasteiger partial charge in [0.1, 0.15) is 5.82 Å². The minimum absolute atomic E-state index is 0.0125. The normalized spacial score (nSPS) is 10.4. The van der Waals surface area contributed by atoms with Crippen LogP contribution in [0.2, 0.25) is 0 Å². The molecule has 0 fully saturated rings. The fourth-order valence-corrected chi connectivity index (χ4v) is 3.61. The van der Waals surface area contributed by atoms with Crippen LogP contribution in [-0.4, -0.2) is 30.9 Å². The van der Waals surface area contributed by atoms with E-state index >= 15 is 0 Å². The van der Waals surface area contributed by atoms with Crippen LogP contribution in [0, 0.1) is 36.7 Å². The van der Waals surface area contributed by atoms with E-state index in [4.69, 9.17) is 14.9 Å². The molecule has 0 spiro atoms. The zero-order valence-electron chi connectivity index (χ0n) is 19.3. The number of nitrogens with zero attached hydrogens (tertiary/aromatic N) is 1. The first-order valence-electron chi connectivity index (χ1n) is 10.1. The van der Waals surface area contributed by atoms with Crippen molar-refractivity contribution in [3.8, 4) is 0 Å². The highest BCUT2D eigenvalue weighted by Crippen LogP contribution is 2.35. The van der Waals surface area contributed by atoms with Gasteiger partial charge in [0.05, 0.1) is 15.8 Å². The summed E-state index contributed by atoms with van der Waals surface area (Å²) < 4.78 is 23.9. The van der Waals surface area contributed by atoms with Gasteiger partial charge in [0.2, 0.25) is 0 Å². The first-order valence-corrected chi connectivity index (χ1v) is 12.2. The van der Waals surface area contributed by atoms with E-state index in [1.165, 1.54) is 32.4 Å². The molecule has 34 heavy (non-hydrogen) atoms. The molecule has 0 bridgehead atoms. The van der Waals surface area contributed by atoms with E-state index in [0.29, 0.717) is 12.0 Å². The number of non-ortho nitro benzene ring substituents is 1. The third kappa shape index (κ3) is 11.0. The highest BCUT2D eigenvalue weighted by molar-refractivity contribution is 7.96. The van der Waals surface area contributed by atoms with Crippen molar-refractivity contribution in [2.45, 2.75) is 53.4 Å². The molecule has 0 aliphatic carbocycles. The lowest BCUT2D eigenvalue weighted by molar-refractivity contribution is -0.384. The molecule has 0 amide bonds. The van der Waals surface area contributed by atoms with Gasteiger partial charge in [-0.3, -0.25) is 19.5 Å². The van der Waals surface area contributed by atoms with Gasteiger partial charge in [-0.2, -0.15) is 0 Å². The van der Waals surface area contributed by atoms with Crippen LogP contribution in [0.4, 0.5) is 10.1 Å². The quantitative estimate of drug-likeness (QED) is 0.133. The van der Waals surface area contributed by atoms with Crippen molar-refractivity contribution >= 4 is 42.3 Å². The average Bonchev–Trinajstić information content (AvgIpc) is 2.71. The predicted molar refractivity (Wildman–Crippen MR) is 130 cm³/mol. The second kappa shape index (κ2) is 14.6. The fraction of sp³-hybridized carbons (Fsp3) is 0.364. The molecule has 9 nitrogen and oxygen atoms in total. The molecule has 2 aromatic carbocycles. The topological polar surface area (TPSA) is 155 Å². The number of hydrogen-bond donors (Lipinski definition) is 4. The maximum absolute atomic E-state index is 13.1. The average molecular weight is 518 g/mol. The van der Waals surface area contributed by atoms with Gasteiger partial charge >= 0.3 is 13.6 Å². The molecule has 2 aromatic rings. The molecule has 3 N–H and O–H groups in total. The van der Waals surface area contributed by atoms with Crippen molar-refractivity contribution in [3.63, 3.8) is 0 Å². The van der Waals surface area contributed by atoms with E-state index in [9.17, 15) is 28.7 Å². The lowest BCUT2D eigenvalue weighted by Crippen LogP contribution is -2.08. The molecule has 0 radical (unpaired) electrons. The monoisotopic (exact) mass is 517 g/mol. The van der Waals surface area contributed by atoms with Crippen LogP contribution in [0.5, 0.6) is 0 Å². The van der Waals surface area contributed by atoms with Crippen LogP contribution in [0.3, 0.4) is 0 Å². The van der Waals surface area contributed by atoms with Crippen molar-refractivity contribution in [3.05, 3.63) is 68.5 Å². The number of nitro benzene ring substituents is 1. The van der Waals surface area contributed by atoms with Crippen LogP contribution in [0.1, 0.15) is 59.7 Å². The number of unbranched alkanes of at least 4 members (excludes halogenated alkanes) is 2. The summed E-state index contributed by atoms with van der Waals surface area (Å²) in [4.78, 5) is 48.1.